The molecular weight excluding hydrogens is 264 g/mol. The van der Waals surface area contributed by atoms with E-state index in [4.69, 9.17) is 21.4 Å². The number of carbonyl (C=O) groups is 1. The smallest absolute Gasteiger partial charge is 0.349 e. The van der Waals surface area contributed by atoms with E-state index in [-0.39, 0.29) is 16.1 Å². The van der Waals surface area contributed by atoms with E-state index in [1.165, 1.54) is 0 Å². The summed E-state index contributed by atoms with van der Waals surface area (Å²) in [7, 11) is 1.69. The zero-order valence-corrected chi connectivity index (χ0v) is 10.9. The largest absolute Gasteiger partial charge is 0.477 e. The fourth-order valence-electron chi connectivity index (χ4n) is 1.86. The van der Waals surface area contributed by atoms with Crippen LogP contribution in [0.4, 0.5) is 5.13 Å². The summed E-state index contributed by atoms with van der Waals surface area (Å²) >= 11 is 6.90. The van der Waals surface area contributed by atoms with Crippen LogP contribution < -0.4 is 4.90 Å². The number of halogens is 1. The van der Waals surface area contributed by atoms with Crippen molar-refractivity contribution in [2.24, 2.45) is 0 Å². The minimum atomic E-state index is -1.03. The average Bonchev–Trinajstić information content (AvgIpc) is 2.71. The van der Waals surface area contributed by atoms with Crippen molar-refractivity contribution < 1.29 is 14.6 Å². The maximum absolute atomic E-state index is 10.9. The van der Waals surface area contributed by atoms with Crippen molar-refractivity contribution in [3.63, 3.8) is 0 Å². The van der Waals surface area contributed by atoms with Crippen LogP contribution >= 0.6 is 22.9 Å². The normalized spacial score (nSPS) is 20.6. The Hall–Kier alpha value is -0.850. The van der Waals surface area contributed by atoms with Crippen molar-refractivity contribution >= 4 is 34.0 Å². The first-order valence-electron chi connectivity index (χ1n) is 5.29. The van der Waals surface area contributed by atoms with Crippen LogP contribution in [0.15, 0.2) is 0 Å². The Kier molecular flexibility index (Phi) is 3.86. The van der Waals surface area contributed by atoms with Gasteiger partial charge in [0, 0.05) is 20.2 Å². The minimum absolute atomic E-state index is 0.0667. The van der Waals surface area contributed by atoms with Gasteiger partial charge in [-0.25, -0.2) is 9.78 Å². The highest BCUT2D eigenvalue weighted by Crippen LogP contribution is 2.31. The first-order chi connectivity index (χ1) is 8.11. The predicted octanol–water partition coefficient (Wildman–Crippen LogP) is 2.11. The summed E-state index contributed by atoms with van der Waals surface area (Å²) in [5.41, 5.74) is 0. The SMILES string of the molecule is COC1CCCN(c2nc(Cl)c(C(=O)O)s2)C1. The summed E-state index contributed by atoms with van der Waals surface area (Å²) in [6.45, 7) is 1.60. The zero-order valence-electron chi connectivity index (χ0n) is 9.35. The molecule has 1 aliphatic rings. The van der Waals surface area contributed by atoms with E-state index in [0.717, 1.165) is 37.3 Å². The number of anilines is 1. The number of thiazole rings is 1. The number of nitrogens with zero attached hydrogens (tertiary/aromatic N) is 2. The Morgan fingerprint density at radius 2 is 2.47 bits per heavy atom. The van der Waals surface area contributed by atoms with Crippen molar-refractivity contribution in [2.45, 2.75) is 18.9 Å². The first-order valence-corrected chi connectivity index (χ1v) is 6.48. The first kappa shape index (κ1) is 12.6. The number of hydrogen-bond acceptors (Lipinski definition) is 5. The van der Waals surface area contributed by atoms with Gasteiger partial charge in [0.05, 0.1) is 6.10 Å². The predicted molar refractivity (Wildman–Crippen MR) is 66.3 cm³/mol. The molecule has 1 saturated heterocycles. The van der Waals surface area contributed by atoms with Crippen molar-refractivity contribution in [2.75, 3.05) is 25.1 Å². The quantitative estimate of drug-likeness (QED) is 0.916. The number of carboxylic acid groups (broad SMARTS) is 1. The summed E-state index contributed by atoms with van der Waals surface area (Å²) in [4.78, 5) is 17.1. The lowest BCUT2D eigenvalue weighted by Gasteiger charge is -2.31. The molecule has 0 saturated carbocycles. The average molecular weight is 277 g/mol. The van der Waals surface area contributed by atoms with Crippen molar-refractivity contribution in [3.05, 3.63) is 10.0 Å². The van der Waals surface area contributed by atoms with Crippen molar-refractivity contribution in [1.29, 1.82) is 0 Å². The molecule has 1 aromatic rings. The van der Waals surface area contributed by atoms with Gasteiger partial charge in [-0.15, -0.1) is 0 Å². The molecule has 0 radical (unpaired) electrons. The number of aromatic carboxylic acids is 1. The molecule has 7 heteroatoms. The molecule has 1 aromatic heterocycles. The van der Waals surface area contributed by atoms with Crippen molar-refractivity contribution in [3.8, 4) is 0 Å². The van der Waals surface area contributed by atoms with Crippen LogP contribution in [-0.2, 0) is 4.74 Å². The molecule has 1 unspecified atom stereocenters. The third-order valence-electron chi connectivity index (χ3n) is 2.75. The maximum atomic E-state index is 10.9. The van der Waals surface area contributed by atoms with Crippen LogP contribution in [0.25, 0.3) is 0 Å². The molecule has 0 spiro atoms. The number of ether oxygens (including phenoxy) is 1. The fraction of sp³-hybridized carbons (Fsp3) is 0.600. The van der Waals surface area contributed by atoms with E-state index in [0.29, 0.717) is 5.13 Å². The lowest BCUT2D eigenvalue weighted by Crippen LogP contribution is -2.39. The minimum Gasteiger partial charge on any atom is -0.477 e. The highest BCUT2D eigenvalue weighted by Gasteiger charge is 2.24. The summed E-state index contributed by atoms with van der Waals surface area (Å²) in [5.74, 6) is -1.03. The maximum Gasteiger partial charge on any atom is 0.349 e. The van der Waals surface area contributed by atoms with Gasteiger partial charge in [0.2, 0.25) is 0 Å². The molecule has 17 heavy (non-hydrogen) atoms. The van der Waals surface area contributed by atoms with Gasteiger partial charge < -0.3 is 14.7 Å². The molecule has 2 heterocycles. The van der Waals surface area contributed by atoms with Gasteiger partial charge in [-0.2, -0.15) is 0 Å². The molecule has 1 atom stereocenters. The van der Waals surface area contributed by atoms with Crippen LogP contribution in [0, 0.1) is 0 Å². The summed E-state index contributed by atoms with van der Waals surface area (Å²) in [5, 5.41) is 9.65. The summed E-state index contributed by atoms with van der Waals surface area (Å²) in [6, 6.07) is 0. The molecule has 1 fully saturated rings. The zero-order chi connectivity index (χ0) is 12.4. The number of hydrogen-bond donors (Lipinski definition) is 1. The number of carboxylic acids is 1. The Labute approximate surface area is 108 Å². The second-order valence-electron chi connectivity index (χ2n) is 3.87. The van der Waals surface area contributed by atoms with Gasteiger partial charge in [0.1, 0.15) is 0 Å². The highest BCUT2D eigenvalue weighted by molar-refractivity contribution is 7.18. The topological polar surface area (TPSA) is 62.7 Å². The number of piperidine rings is 1. The third-order valence-corrected chi connectivity index (χ3v) is 4.24. The standard InChI is InChI=1S/C10H13ClN2O3S/c1-16-6-3-2-4-13(5-6)10-12-8(11)7(17-10)9(14)15/h6H,2-5H2,1H3,(H,14,15). The van der Waals surface area contributed by atoms with Crippen molar-refractivity contribution in [1.82, 2.24) is 4.98 Å². The molecule has 0 bridgehead atoms. The molecule has 0 aromatic carbocycles. The second-order valence-corrected chi connectivity index (χ2v) is 5.20. The van der Waals surface area contributed by atoms with E-state index < -0.39 is 5.97 Å². The van der Waals surface area contributed by atoms with Crippen LogP contribution in [0.2, 0.25) is 5.15 Å². The van der Waals surface area contributed by atoms with E-state index in [1.54, 1.807) is 7.11 Å². The Morgan fingerprint density at radius 3 is 3.06 bits per heavy atom. The van der Waals surface area contributed by atoms with Crippen LogP contribution in [0.5, 0.6) is 0 Å². The molecule has 2 rings (SSSR count). The number of methoxy groups -OCH3 is 1. The fourth-order valence-corrected chi connectivity index (χ4v) is 3.02. The molecule has 5 nitrogen and oxygen atoms in total. The molecule has 94 valence electrons. The van der Waals surface area contributed by atoms with E-state index in [9.17, 15) is 4.79 Å². The number of aromatic nitrogens is 1. The van der Waals surface area contributed by atoms with Crippen LogP contribution in [0.3, 0.4) is 0 Å². The van der Waals surface area contributed by atoms with Gasteiger partial charge in [-0.1, -0.05) is 22.9 Å². The second kappa shape index (κ2) is 5.20. The lowest BCUT2D eigenvalue weighted by molar-refractivity contribution is 0.0702. The molecule has 1 N–H and O–H groups in total. The van der Waals surface area contributed by atoms with Crippen LogP contribution in [-0.4, -0.2) is 42.4 Å². The molecular formula is C10H13ClN2O3S. The third kappa shape index (κ3) is 2.70. The van der Waals surface area contributed by atoms with Gasteiger partial charge in [0.15, 0.2) is 15.2 Å². The number of rotatable bonds is 3. The van der Waals surface area contributed by atoms with E-state index in [2.05, 4.69) is 4.98 Å². The summed E-state index contributed by atoms with van der Waals surface area (Å²) < 4.78 is 5.31. The highest BCUT2D eigenvalue weighted by atomic mass is 35.5. The summed E-state index contributed by atoms with van der Waals surface area (Å²) in [6.07, 6.45) is 2.22. The lowest BCUT2D eigenvalue weighted by atomic mass is 10.1. The molecule has 0 amide bonds. The Morgan fingerprint density at radius 1 is 1.71 bits per heavy atom. The van der Waals surface area contributed by atoms with Gasteiger partial charge in [0.25, 0.3) is 0 Å². The Bertz CT molecular complexity index is 424. The monoisotopic (exact) mass is 276 g/mol. The van der Waals surface area contributed by atoms with E-state index >= 15 is 0 Å². The van der Waals surface area contributed by atoms with Crippen LogP contribution in [0.1, 0.15) is 22.5 Å². The Balaban J connectivity index is 2.16. The van der Waals surface area contributed by atoms with Gasteiger partial charge >= 0.3 is 5.97 Å². The van der Waals surface area contributed by atoms with Gasteiger partial charge in [-0.05, 0) is 12.8 Å². The van der Waals surface area contributed by atoms with Gasteiger partial charge in [-0.3, -0.25) is 0 Å². The van der Waals surface area contributed by atoms with E-state index in [1.807, 2.05) is 4.90 Å². The molecule has 1 aliphatic heterocycles. The molecule has 0 aliphatic carbocycles.